The summed E-state index contributed by atoms with van der Waals surface area (Å²) in [7, 11) is 0. The Balaban J connectivity index is 1.91. The Labute approximate surface area is 129 Å². The molecule has 0 unspecified atom stereocenters. The number of aliphatic carboxylic acids is 1. The maximum Gasteiger partial charge on any atom is 0.306 e. The van der Waals surface area contributed by atoms with Crippen LogP contribution in [0.4, 0.5) is 5.69 Å². The predicted molar refractivity (Wildman–Crippen MR) is 85.7 cm³/mol. The van der Waals surface area contributed by atoms with Crippen LogP contribution < -0.4 is 5.32 Å². The monoisotopic (exact) mass is 297 g/mol. The Morgan fingerprint density at radius 2 is 1.64 bits per heavy atom. The van der Waals surface area contributed by atoms with Crippen molar-refractivity contribution in [3.63, 3.8) is 0 Å². The molecule has 114 valence electrons. The van der Waals surface area contributed by atoms with Crippen LogP contribution in [0.3, 0.4) is 0 Å². The second-order valence-corrected chi connectivity index (χ2v) is 5.35. The molecule has 2 rings (SSSR count). The molecular weight excluding hydrogens is 278 g/mol. The number of carboxylic acid groups (broad SMARTS) is 1. The van der Waals surface area contributed by atoms with E-state index in [0.29, 0.717) is 18.5 Å². The molecule has 4 nitrogen and oxygen atoms in total. The molecule has 2 N–H and O–H groups in total. The molecule has 2 aromatic rings. The summed E-state index contributed by atoms with van der Waals surface area (Å²) in [5.41, 5.74) is 2.62. The normalized spacial score (nSPS) is 11.7. The molecule has 0 aliphatic carbocycles. The average Bonchev–Trinajstić information content (AvgIpc) is 2.50. The van der Waals surface area contributed by atoms with Crippen LogP contribution in [0.15, 0.2) is 54.6 Å². The number of carbonyl (C=O) groups excluding carboxylic acids is 1. The van der Waals surface area contributed by atoms with Crippen molar-refractivity contribution in [2.24, 2.45) is 5.92 Å². The van der Waals surface area contributed by atoms with E-state index in [9.17, 15) is 9.59 Å². The lowest BCUT2D eigenvalue weighted by atomic mass is 10.0. The van der Waals surface area contributed by atoms with Crippen LogP contribution in [0, 0.1) is 5.92 Å². The maximum atomic E-state index is 11.9. The lowest BCUT2D eigenvalue weighted by Gasteiger charge is -2.08. The number of carbonyl (C=O) groups is 2. The quantitative estimate of drug-likeness (QED) is 0.861. The molecule has 1 amide bonds. The molecule has 0 radical (unpaired) electrons. The van der Waals surface area contributed by atoms with E-state index >= 15 is 0 Å². The molecule has 0 saturated carbocycles. The molecule has 0 saturated heterocycles. The molecule has 0 aliphatic heterocycles. The SMILES string of the molecule is C[C@H](Cc1ccc(NC(=O)Cc2ccccc2)cc1)C(=O)O. The Kier molecular flexibility index (Phi) is 5.31. The van der Waals surface area contributed by atoms with Gasteiger partial charge in [0.15, 0.2) is 0 Å². The minimum absolute atomic E-state index is 0.0714. The summed E-state index contributed by atoms with van der Waals surface area (Å²) in [4.78, 5) is 22.8. The van der Waals surface area contributed by atoms with E-state index in [4.69, 9.17) is 5.11 Å². The van der Waals surface area contributed by atoms with Gasteiger partial charge in [0.2, 0.25) is 5.91 Å². The first kappa shape index (κ1) is 15.8. The Hall–Kier alpha value is -2.62. The number of benzene rings is 2. The first-order valence-electron chi connectivity index (χ1n) is 7.20. The lowest BCUT2D eigenvalue weighted by molar-refractivity contribution is -0.141. The van der Waals surface area contributed by atoms with Crippen molar-refractivity contribution in [1.82, 2.24) is 0 Å². The first-order valence-corrected chi connectivity index (χ1v) is 7.20. The van der Waals surface area contributed by atoms with Crippen molar-refractivity contribution in [2.45, 2.75) is 19.8 Å². The van der Waals surface area contributed by atoms with Crippen molar-refractivity contribution in [3.8, 4) is 0 Å². The summed E-state index contributed by atoms with van der Waals surface area (Å²) >= 11 is 0. The molecule has 0 aliphatic rings. The van der Waals surface area contributed by atoms with E-state index in [1.54, 1.807) is 19.1 Å². The average molecular weight is 297 g/mol. The summed E-state index contributed by atoms with van der Waals surface area (Å²) in [6.07, 6.45) is 0.812. The zero-order valence-electron chi connectivity index (χ0n) is 12.5. The van der Waals surface area contributed by atoms with Crippen LogP contribution in [0.1, 0.15) is 18.1 Å². The van der Waals surface area contributed by atoms with Gasteiger partial charge in [0.05, 0.1) is 12.3 Å². The van der Waals surface area contributed by atoms with Gasteiger partial charge in [-0.1, -0.05) is 49.4 Å². The third-order valence-corrected chi connectivity index (χ3v) is 3.41. The van der Waals surface area contributed by atoms with Gasteiger partial charge in [-0.25, -0.2) is 0 Å². The van der Waals surface area contributed by atoms with Gasteiger partial charge >= 0.3 is 5.97 Å². The van der Waals surface area contributed by atoms with E-state index < -0.39 is 11.9 Å². The zero-order chi connectivity index (χ0) is 15.9. The van der Waals surface area contributed by atoms with Crippen molar-refractivity contribution < 1.29 is 14.7 Å². The van der Waals surface area contributed by atoms with E-state index in [2.05, 4.69) is 5.32 Å². The van der Waals surface area contributed by atoms with Gasteiger partial charge in [0.1, 0.15) is 0 Å². The van der Waals surface area contributed by atoms with E-state index in [1.165, 1.54) is 0 Å². The summed E-state index contributed by atoms with van der Waals surface area (Å²) in [5, 5.41) is 11.7. The van der Waals surface area contributed by atoms with Crippen LogP contribution in [0.25, 0.3) is 0 Å². The number of anilines is 1. The maximum absolute atomic E-state index is 11.9. The van der Waals surface area contributed by atoms with Gasteiger partial charge in [-0.15, -0.1) is 0 Å². The van der Waals surface area contributed by atoms with Crippen LogP contribution in [0.2, 0.25) is 0 Å². The molecule has 0 bridgehead atoms. The van der Waals surface area contributed by atoms with E-state index in [1.807, 2.05) is 42.5 Å². The molecule has 0 fully saturated rings. The molecular formula is C18H19NO3. The summed E-state index contributed by atoms with van der Waals surface area (Å²) in [5.74, 6) is -1.29. The van der Waals surface area contributed by atoms with Gasteiger partial charge in [0.25, 0.3) is 0 Å². The highest BCUT2D eigenvalue weighted by Crippen LogP contribution is 2.14. The molecule has 22 heavy (non-hydrogen) atoms. The molecule has 0 aromatic heterocycles. The minimum Gasteiger partial charge on any atom is -0.481 e. The highest BCUT2D eigenvalue weighted by Gasteiger charge is 2.11. The number of amides is 1. The second-order valence-electron chi connectivity index (χ2n) is 5.35. The van der Waals surface area contributed by atoms with Crippen molar-refractivity contribution in [2.75, 3.05) is 5.32 Å². The summed E-state index contributed by atoms with van der Waals surface area (Å²) in [6.45, 7) is 1.68. The van der Waals surface area contributed by atoms with Crippen LogP contribution in [0.5, 0.6) is 0 Å². The van der Waals surface area contributed by atoms with Gasteiger partial charge in [0, 0.05) is 5.69 Å². The zero-order valence-corrected chi connectivity index (χ0v) is 12.5. The minimum atomic E-state index is -0.805. The van der Waals surface area contributed by atoms with E-state index in [-0.39, 0.29) is 5.91 Å². The third kappa shape index (κ3) is 4.74. The van der Waals surface area contributed by atoms with Gasteiger partial charge in [-0.3, -0.25) is 9.59 Å². The molecule has 4 heteroatoms. The topological polar surface area (TPSA) is 66.4 Å². The number of rotatable bonds is 6. The fourth-order valence-corrected chi connectivity index (χ4v) is 2.15. The van der Waals surface area contributed by atoms with Gasteiger partial charge < -0.3 is 10.4 Å². The molecule has 0 spiro atoms. The Bertz CT molecular complexity index is 635. The lowest BCUT2D eigenvalue weighted by Crippen LogP contribution is -2.14. The van der Waals surface area contributed by atoms with Crippen molar-refractivity contribution in [3.05, 3.63) is 65.7 Å². The molecule has 0 heterocycles. The predicted octanol–water partition coefficient (Wildman–Crippen LogP) is 3.13. The smallest absolute Gasteiger partial charge is 0.306 e. The second kappa shape index (κ2) is 7.41. The Morgan fingerprint density at radius 3 is 2.23 bits per heavy atom. The fraction of sp³-hybridized carbons (Fsp3) is 0.222. The third-order valence-electron chi connectivity index (χ3n) is 3.41. The fourth-order valence-electron chi connectivity index (χ4n) is 2.15. The number of carboxylic acids is 1. The van der Waals surface area contributed by atoms with Gasteiger partial charge in [-0.2, -0.15) is 0 Å². The first-order chi connectivity index (χ1) is 10.5. The van der Waals surface area contributed by atoms with Crippen LogP contribution in [-0.2, 0) is 22.4 Å². The van der Waals surface area contributed by atoms with Gasteiger partial charge in [-0.05, 0) is 29.7 Å². The van der Waals surface area contributed by atoms with E-state index in [0.717, 1.165) is 11.1 Å². The molecule has 1 atom stereocenters. The Morgan fingerprint density at radius 1 is 1.00 bits per heavy atom. The largest absolute Gasteiger partial charge is 0.481 e. The van der Waals surface area contributed by atoms with Crippen molar-refractivity contribution >= 4 is 17.6 Å². The van der Waals surface area contributed by atoms with Crippen LogP contribution in [-0.4, -0.2) is 17.0 Å². The highest BCUT2D eigenvalue weighted by molar-refractivity contribution is 5.92. The summed E-state index contributed by atoms with van der Waals surface area (Å²) < 4.78 is 0. The van der Waals surface area contributed by atoms with Crippen molar-refractivity contribution in [1.29, 1.82) is 0 Å². The number of hydrogen-bond donors (Lipinski definition) is 2. The standard InChI is InChI=1S/C18H19NO3/c1-13(18(21)22)11-15-7-9-16(10-8-15)19-17(20)12-14-5-3-2-4-6-14/h2-10,13H,11-12H2,1H3,(H,19,20)(H,21,22)/t13-/m1/s1. The molecule has 2 aromatic carbocycles. The number of nitrogens with one attached hydrogen (secondary N) is 1. The number of hydrogen-bond acceptors (Lipinski definition) is 2. The highest BCUT2D eigenvalue weighted by atomic mass is 16.4. The van der Waals surface area contributed by atoms with Crippen LogP contribution >= 0.6 is 0 Å². The summed E-state index contributed by atoms with van der Waals surface area (Å²) in [6, 6.07) is 16.8.